The molecule has 0 radical (unpaired) electrons. The molecule has 0 aromatic carbocycles. The molecule has 0 saturated carbocycles. The number of hydrogen-bond donors (Lipinski definition) is 1. The number of esters is 1. The van der Waals surface area contributed by atoms with E-state index in [0.717, 1.165) is 19.0 Å². The highest BCUT2D eigenvalue weighted by atomic mass is 16.5. The monoisotopic (exact) mass is 243 g/mol. The first-order valence-corrected chi connectivity index (χ1v) is 6.52. The van der Waals surface area contributed by atoms with Gasteiger partial charge in [0.1, 0.15) is 0 Å². The Labute approximate surface area is 104 Å². The van der Waals surface area contributed by atoms with Crippen molar-refractivity contribution in [1.29, 1.82) is 0 Å². The van der Waals surface area contributed by atoms with Crippen LogP contribution >= 0.6 is 0 Å². The van der Waals surface area contributed by atoms with Gasteiger partial charge < -0.3 is 9.84 Å². The summed E-state index contributed by atoms with van der Waals surface area (Å²) in [6.07, 6.45) is 4.88. The standard InChI is InChI=1S/C13H25NO3/c1-4-5-11-6-8-14(9-7-11)10-13(2,16)12(15)17-3/h11,16H,4-10H2,1-3H3. The van der Waals surface area contributed by atoms with Gasteiger partial charge in [0.15, 0.2) is 5.60 Å². The van der Waals surface area contributed by atoms with E-state index in [1.807, 2.05) is 0 Å². The molecule has 1 aliphatic heterocycles. The fourth-order valence-corrected chi connectivity index (χ4v) is 2.56. The van der Waals surface area contributed by atoms with Gasteiger partial charge in [-0.2, -0.15) is 0 Å². The van der Waals surface area contributed by atoms with Gasteiger partial charge in [-0.1, -0.05) is 19.8 Å². The zero-order valence-corrected chi connectivity index (χ0v) is 11.2. The number of carbonyl (C=O) groups excluding carboxylic acids is 1. The molecule has 4 heteroatoms. The molecule has 100 valence electrons. The largest absolute Gasteiger partial charge is 0.467 e. The molecule has 0 aromatic heterocycles. The van der Waals surface area contributed by atoms with Gasteiger partial charge in [0.2, 0.25) is 0 Å². The fourth-order valence-electron chi connectivity index (χ4n) is 2.56. The third-order valence-corrected chi connectivity index (χ3v) is 3.56. The second-order valence-electron chi connectivity index (χ2n) is 5.27. The summed E-state index contributed by atoms with van der Waals surface area (Å²) >= 11 is 0. The van der Waals surface area contributed by atoms with Gasteiger partial charge in [0.25, 0.3) is 0 Å². The number of ether oxygens (including phenoxy) is 1. The van der Waals surface area contributed by atoms with Crippen LogP contribution in [0.3, 0.4) is 0 Å². The molecule has 1 atom stereocenters. The van der Waals surface area contributed by atoms with Crippen LogP contribution < -0.4 is 0 Å². The summed E-state index contributed by atoms with van der Waals surface area (Å²) in [5, 5.41) is 9.99. The van der Waals surface area contributed by atoms with Crippen LogP contribution in [0.1, 0.15) is 39.5 Å². The number of piperidine rings is 1. The maximum Gasteiger partial charge on any atom is 0.338 e. The Morgan fingerprint density at radius 2 is 2.06 bits per heavy atom. The predicted molar refractivity (Wildman–Crippen MR) is 66.7 cm³/mol. The lowest BCUT2D eigenvalue weighted by Crippen LogP contribution is -2.49. The van der Waals surface area contributed by atoms with E-state index in [4.69, 9.17) is 0 Å². The minimum absolute atomic E-state index is 0.374. The minimum atomic E-state index is -1.38. The quantitative estimate of drug-likeness (QED) is 0.742. The fraction of sp³-hybridized carbons (Fsp3) is 0.923. The molecule has 1 fully saturated rings. The Kier molecular flexibility index (Phi) is 5.40. The molecular formula is C13H25NO3. The molecule has 4 nitrogen and oxygen atoms in total. The lowest BCUT2D eigenvalue weighted by Gasteiger charge is -2.35. The number of methoxy groups -OCH3 is 1. The van der Waals surface area contributed by atoms with Crippen molar-refractivity contribution in [3.63, 3.8) is 0 Å². The normalized spacial score (nSPS) is 22.1. The molecule has 1 N–H and O–H groups in total. The third kappa shape index (κ3) is 4.28. The molecule has 0 spiro atoms. The summed E-state index contributed by atoms with van der Waals surface area (Å²) in [5.41, 5.74) is -1.38. The summed E-state index contributed by atoms with van der Waals surface area (Å²) in [5.74, 6) is 0.271. The summed E-state index contributed by atoms with van der Waals surface area (Å²) in [4.78, 5) is 13.5. The third-order valence-electron chi connectivity index (χ3n) is 3.56. The SMILES string of the molecule is CCCC1CCN(CC(C)(O)C(=O)OC)CC1. The average molecular weight is 243 g/mol. The molecule has 0 aromatic rings. The Morgan fingerprint density at radius 1 is 1.47 bits per heavy atom. The lowest BCUT2D eigenvalue weighted by molar-refractivity contribution is -0.162. The van der Waals surface area contributed by atoms with Crippen molar-refractivity contribution in [3.05, 3.63) is 0 Å². The van der Waals surface area contributed by atoms with Crippen molar-refractivity contribution < 1.29 is 14.6 Å². The van der Waals surface area contributed by atoms with Crippen molar-refractivity contribution in [2.75, 3.05) is 26.7 Å². The van der Waals surface area contributed by atoms with E-state index in [0.29, 0.717) is 6.54 Å². The number of hydrogen-bond acceptors (Lipinski definition) is 4. The Morgan fingerprint density at radius 3 is 2.53 bits per heavy atom. The smallest absolute Gasteiger partial charge is 0.338 e. The predicted octanol–water partition coefficient (Wildman–Crippen LogP) is 1.42. The highest BCUT2D eigenvalue weighted by Crippen LogP contribution is 2.23. The molecule has 0 amide bonds. The Hall–Kier alpha value is -0.610. The number of aliphatic hydroxyl groups is 1. The summed E-state index contributed by atoms with van der Waals surface area (Å²) in [6, 6.07) is 0. The first-order valence-electron chi connectivity index (χ1n) is 6.52. The minimum Gasteiger partial charge on any atom is -0.467 e. The number of β-amino-alcohol motifs (C(OH)–C–C–N with tert-alkyl or cyclic N) is 1. The van der Waals surface area contributed by atoms with Crippen molar-refractivity contribution in [3.8, 4) is 0 Å². The van der Waals surface area contributed by atoms with E-state index in [1.165, 1.54) is 39.7 Å². The van der Waals surface area contributed by atoms with E-state index >= 15 is 0 Å². The van der Waals surface area contributed by atoms with E-state index in [2.05, 4.69) is 16.6 Å². The van der Waals surface area contributed by atoms with Gasteiger partial charge in [-0.05, 0) is 38.8 Å². The molecular weight excluding hydrogens is 218 g/mol. The van der Waals surface area contributed by atoms with Gasteiger partial charge >= 0.3 is 5.97 Å². The van der Waals surface area contributed by atoms with Crippen LogP contribution in [-0.4, -0.2) is 48.3 Å². The van der Waals surface area contributed by atoms with Crippen molar-refractivity contribution >= 4 is 5.97 Å². The lowest BCUT2D eigenvalue weighted by atomic mass is 9.92. The second-order valence-corrected chi connectivity index (χ2v) is 5.27. The van der Waals surface area contributed by atoms with Gasteiger partial charge in [-0.3, -0.25) is 4.90 Å². The van der Waals surface area contributed by atoms with Gasteiger partial charge in [0, 0.05) is 6.54 Å². The summed E-state index contributed by atoms with van der Waals surface area (Å²) < 4.78 is 4.60. The first kappa shape index (κ1) is 14.5. The maximum absolute atomic E-state index is 11.4. The topological polar surface area (TPSA) is 49.8 Å². The zero-order valence-electron chi connectivity index (χ0n) is 11.2. The van der Waals surface area contributed by atoms with Gasteiger partial charge in [-0.15, -0.1) is 0 Å². The number of carbonyl (C=O) groups is 1. The molecule has 0 aliphatic carbocycles. The molecule has 0 bridgehead atoms. The van der Waals surface area contributed by atoms with Crippen molar-refractivity contribution in [2.24, 2.45) is 5.92 Å². The van der Waals surface area contributed by atoms with Crippen LogP contribution in [0, 0.1) is 5.92 Å². The highest BCUT2D eigenvalue weighted by molar-refractivity contribution is 5.78. The van der Waals surface area contributed by atoms with Crippen molar-refractivity contribution in [2.45, 2.75) is 45.1 Å². The summed E-state index contributed by atoms with van der Waals surface area (Å²) in [6.45, 7) is 6.06. The molecule has 1 saturated heterocycles. The number of nitrogens with zero attached hydrogens (tertiary/aromatic N) is 1. The molecule has 1 heterocycles. The first-order chi connectivity index (χ1) is 7.99. The van der Waals surface area contributed by atoms with Gasteiger partial charge in [-0.25, -0.2) is 4.79 Å². The molecule has 1 aliphatic rings. The van der Waals surface area contributed by atoms with E-state index < -0.39 is 11.6 Å². The van der Waals surface area contributed by atoms with E-state index in [-0.39, 0.29) is 0 Å². The molecule has 17 heavy (non-hydrogen) atoms. The molecule has 1 unspecified atom stereocenters. The average Bonchev–Trinajstić information content (AvgIpc) is 2.30. The Balaban J connectivity index is 2.37. The van der Waals surface area contributed by atoms with Crippen LogP contribution in [0.25, 0.3) is 0 Å². The zero-order chi connectivity index (χ0) is 12.9. The van der Waals surface area contributed by atoms with Crippen LogP contribution in [0.2, 0.25) is 0 Å². The van der Waals surface area contributed by atoms with Crippen molar-refractivity contribution in [1.82, 2.24) is 4.90 Å². The maximum atomic E-state index is 11.4. The second kappa shape index (κ2) is 6.36. The van der Waals surface area contributed by atoms with Crippen LogP contribution in [0.15, 0.2) is 0 Å². The van der Waals surface area contributed by atoms with Crippen LogP contribution in [0.4, 0.5) is 0 Å². The molecule has 1 rings (SSSR count). The van der Waals surface area contributed by atoms with Gasteiger partial charge in [0.05, 0.1) is 7.11 Å². The van der Waals surface area contributed by atoms with E-state index in [9.17, 15) is 9.90 Å². The Bertz CT molecular complexity index is 245. The highest BCUT2D eigenvalue weighted by Gasteiger charge is 2.34. The van der Waals surface area contributed by atoms with Crippen LogP contribution in [0.5, 0.6) is 0 Å². The number of likely N-dealkylation sites (tertiary alicyclic amines) is 1. The summed E-state index contributed by atoms with van der Waals surface area (Å²) in [7, 11) is 1.31. The number of rotatable bonds is 5. The van der Waals surface area contributed by atoms with Crippen LogP contribution in [-0.2, 0) is 9.53 Å². The van der Waals surface area contributed by atoms with E-state index in [1.54, 1.807) is 0 Å².